The van der Waals surface area contributed by atoms with Crippen LogP contribution >= 0.6 is 23.2 Å². The lowest BCUT2D eigenvalue weighted by Crippen LogP contribution is -2.44. The first-order chi connectivity index (χ1) is 13.2. The molecular weight excluding hydrogens is 425 g/mol. The topological polar surface area (TPSA) is 104 Å². The van der Waals surface area contributed by atoms with Crippen LogP contribution in [0, 0.1) is 0 Å². The first kappa shape index (κ1) is 22.0. The maximum atomic E-state index is 12.7. The maximum absolute atomic E-state index is 12.7. The number of sulfonamides is 1. The fourth-order valence-electron chi connectivity index (χ4n) is 2.27. The molecule has 2 rings (SSSR count). The Morgan fingerprint density at radius 3 is 2.39 bits per heavy atom. The predicted molar refractivity (Wildman–Crippen MR) is 109 cm³/mol. The molecule has 0 saturated carbocycles. The molecule has 2 amide bonds. The van der Waals surface area contributed by atoms with Crippen molar-refractivity contribution < 1.29 is 18.0 Å². The van der Waals surface area contributed by atoms with Crippen LogP contribution in [0.4, 0.5) is 5.69 Å². The Morgan fingerprint density at radius 2 is 1.75 bits per heavy atom. The molecule has 1 atom stereocenters. The Bertz CT molecular complexity index is 996. The number of likely N-dealkylation sites (N-methyl/N-ethyl adjacent to an activating group) is 1. The van der Waals surface area contributed by atoms with Gasteiger partial charge in [0.15, 0.2) is 0 Å². The van der Waals surface area contributed by atoms with Gasteiger partial charge in [0.25, 0.3) is 15.9 Å². The van der Waals surface area contributed by atoms with Crippen LogP contribution in [0.25, 0.3) is 0 Å². The SMILES string of the molecule is CCNC(=O)[C@@H](C)NC(=O)c1ccc(Cl)c(S(=O)(=O)Nc2ccccc2Cl)c1. The number of benzene rings is 2. The van der Waals surface area contributed by atoms with Crippen LogP contribution in [0.15, 0.2) is 47.4 Å². The van der Waals surface area contributed by atoms with Crippen molar-refractivity contribution in [2.45, 2.75) is 24.8 Å². The van der Waals surface area contributed by atoms with Gasteiger partial charge in [-0.25, -0.2) is 8.42 Å². The third-order valence-electron chi connectivity index (χ3n) is 3.69. The summed E-state index contributed by atoms with van der Waals surface area (Å²) in [5, 5.41) is 5.25. The summed E-state index contributed by atoms with van der Waals surface area (Å²) in [4.78, 5) is 23.9. The molecule has 0 bridgehead atoms. The van der Waals surface area contributed by atoms with Crippen molar-refractivity contribution in [3.05, 3.63) is 58.1 Å². The highest BCUT2D eigenvalue weighted by Gasteiger charge is 2.22. The van der Waals surface area contributed by atoms with E-state index in [1.54, 1.807) is 19.1 Å². The van der Waals surface area contributed by atoms with E-state index >= 15 is 0 Å². The maximum Gasteiger partial charge on any atom is 0.263 e. The molecule has 3 N–H and O–H groups in total. The highest BCUT2D eigenvalue weighted by molar-refractivity contribution is 7.92. The van der Waals surface area contributed by atoms with Gasteiger partial charge in [0, 0.05) is 12.1 Å². The molecule has 0 spiro atoms. The number of nitrogens with one attached hydrogen (secondary N) is 3. The molecule has 10 heteroatoms. The zero-order valence-electron chi connectivity index (χ0n) is 15.1. The van der Waals surface area contributed by atoms with Gasteiger partial charge in [-0.05, 0) is 44.2 Å². The average molecular weight is 444 g/mol. The van der Waals surface area contributed by atoms with E-state index in [9.17, 15) is 18.0 Å². The van der Waals surface area contributed by atoms with Crippen LogP contribution < -0.4 is 15.4 Å². The van der Waals surface area contributed by atoms with Crippen molar-refractivity contribution >= 4 is 50.7 Å². The van der Waals surface area contributed by atoms with Gasteiger partial charge in [-0.1, -0.05) is 35.3 Å². The molecule has 28 heavy (non-hydrogen) atoms. The molecule has 0 aliphatic rings. The van der Waals surface area contributed by atoms with Crippen LogP contribution in [0.1, 0.15) is 24.2 Å². The molecule has 0 unspecified atom stereocenters. The van der Waals surface area contributed by atoms with Gasteiger partial charge < -0.3 is 10.6 Å². The van der Waals surface area contributed by atoms with Crippen molar-refractivity contribution in [2.75, 3.05) is 11.3 Å². The molecule has 0 aliphatic heterocycles. The number of amides is 2. The zero-order chi connectivity index (χ0) is 20.9. The Hall–Kier alpha value is -2.29. The average Bonchev–Trinajstić information content (AvgIpc) is 2.63. The van der Waals surface area contributed by atoms with Gasteiger partial charge >= 0.3 is 0 Å². The third kappa shape index (κ3) is 5.37. The summed E-state index contributed by atoms with van der Waals surface area (Å²) in [6, 6.07) is 9.34. The van der Waals surface area contributed by atoms with Crippen molar-refractivity contribution in [2.24, 2.45) is 0 Å². The normalized spacial score (nSPS) is 12.1. The zero-order valence-corrected chi connectivity index (χ0v) is 17.5. The number of halogens is 2. The molecule has 0 radical (unpaired) electrons. The van der Waals surface area contributed by atoms with Crippen molar-refractivity contribution in [1.29, 1.82) is 0 Å². The molecule has 0 aliphatic carbocycles. The lowest BCUT2D eigenvalue weighted by Gasteiger charge is -2.15. The standard InChI is InChI=1S/C18H19Cl2N3O4S/c1-3-21-17(24)11(2)22-18(25)12-8-9-14(20)16(10-12)28(26,27)23-15-7-5-4-6-13(15)19/h4-11,23H,3H2,1-2H3,(H,21,24)(H,22,25)/t11-/m1/s1. The summed E-state index contributed by atoms with van der Waals surface area (Å²) in [7, 11) is -4.10. The smallest absolute Gasteiger partial charge is 0.263 e. The number of rotatable bonds is 7. The molecule has 0 heterocycles. The van der Waals surface area contributed by atoms with E-state index in [4.69, 9.17) is 23.2 Å². The number of para-hydroxylation sites is 1. The second-order valence-corrected chi connectivity index (χ2v) is 8.29. The minimum atomic E-state index is -4.10. The third-order valence-corrected chi connectivity index (χ3v) is 5.87. The Morgan fingerprint density at radius 1 is 1.07 bits per heavy atom. The summed E-state index contributed by atoms with van der Waals surface area (Å²) >= 11 is 12.0. The van der Waals surface area contributed by atoms with Crippen molar-refractivity contribution in [1.82, 2.24) is 10.6 Å². The van der Waals surface area contributed by atoms with Crippen molar-refractivity contribution in [3.63, 3.8) is 0 Å². The largest absolute Gasteiger partial charge is 0.355 e. The number of carbonyl (C=O) groups excluding carboxylic acids is 2. The second-order valence-electron chi connectivity index (χ2n) is 5.82. The van der Waals surface area contributed by atoms with Crippen LogP contribution in [0.2, 0.25) is 10.0 Å². The minimum Gasteiger partial charge on any atom is -0.355 e. The minimum absolute atomic E-state index is 0.0417. The predicted octanol–water partition coefficient (Wildman–Crippen LogP) is 3.05. The van der Waals surface area contributed by atoms with E-state index in [2.05, 4.69) is 15.4 Å². The number of carbonyl (C=O) groups is 2. The van der Waals surface area contributed by atoms with Gasteiger partial charge in [0.05, 0.1) is 15.7 Å². The number of hydrogen-bond donors (Lipinski definition) is 3. The van der Waals surface area contributed by atoms with E-state index in [0.29, 0.717) is 6.54 Å². The van der Waals surface area contributed by atoms with Crippen LogP contribution in [-0.2, 0) is 14.8 Å². The van der Waals surface area contributed by atoms with Gasteiger partial charge in [-0.15, -0.1) is 0 Å². The monoisotopic (exact) mass is 443 g/mol. The van der Waals surface area contributed by atoms with Crippen LogP contribution in [0.3, 0.4) is 0 Å². The van der Waals surface area contributed by atoms with Gasteiger partial charge in [0.1, 0.15) is 10.9 Å². The molecule has 2 aromatic carbocycles. The molecule has 0 aromatic heterocycles. The highest BCUT2D eigenvalue weighted by atomic mass is 35.5. The highest BCUT2D eigenvalue weighted by Crippen LogP contribution is 2.28. The van der Waals surface area contributed by atoms with Gasteiger partial charge in [-0.3, -0.25) is 14.3 Å². The first-order valence-corrected chi connectivity index (χ1v) is 10.5. The van der Waals surface area contributed by atoms with E-state index in [0.717, 1.165) is 6.07 Å². The fourth-order valence-corrected chi connectivity index (χ4v) is 4.11. The number of anilines is 1. The molecule has 0 saturated heterocycles. The summed E-state index contributed by atoms with van der Waals surface area (Å²) in [5.41, 5.74) is 0.222. The lowest BCUT2D eigenvalue weighted by molar-refractivity contribution is -0.122. The van der Waals surface area contributed by atoms with Gasteiger partial charge in [0.2, 0.25) is 5.91 Å². The Balaban J connectivity index is 2.28. The molecular formula is C18H19Cl2N3O4S. The van der Waals surface area contributed by atoms with E-state index in [1.807, 2.05) is 0 Å². The summed E-state index contributed by atoms with van der Waals surface area (Å²) in [6.45, 7) is 3.71. The van der Waals surface area contributed by atoms with Crippen LogP contribution in [-0.4, -0.2) is 32.8 Å². The van der Waals surface area contributed by atoms with E-state index in [1.165, 1.54) is 31.2 Å². The molecule has 0 fully saturated rings. The fraction of sp³-hybridized carbons (Fsp3) is 0.222. The first-order valence-electron chi connectivity index (χ1n) is 8.31. The van der Waals surface area contributed by atoms with Crippen LogP contribution in [0.5, 0.6) is 0 Å². The summed E-state index contributed by atoms with van der Waals surface area (Å²) in [6.07, 6.45) is 0. The Labute approximate surface area is 173 Å². The molecule has 150 valence electrons. The Kier molecular flexibility index (Phi) is 7.29. The molecule has 7 nitrogen and oxygen atoms in total. The quantitative estimate of drug-likeness (QED) is 0.611. The number of hydrogen-bond acceptors (Lipinski definition) is 4. The summed E-state index contributed by atoms with van der Waals surface area (Å²) < 4.78 is 27.8. The lowest BCUT2D eigenvalue weighted by atomic mass is 10.2. The van der Waals surface area contributed by atoms with E-state index < -0.39 is 22.0 Å². The molecule has 2 aromatic rings. The van der Waals surface area contributed by atoms with E-state index in [-0.39, 0.29) is 32.1 Å². The van der Waals surface area contributed by atoms with Gasteiger partial charge in [-0.2, -0.15) is 0 Å². The second kappa shape index (κ2) is 9.27. The van der Waals surface area contributed by atoms with Crippen molar-refractivity contribution in [3.8, 4) is 0 Å². The summed E-state index contributed by atoms with van der Waals surface area (Å²) in [5.74, 6) is -0.956.